The average Bonchev–Trinajstić information content (AvgIpc) is 2.34. The van der Waals surface area contributed by atoms with Crippen molar-refractivity contribution in [3.63, 3.8) is 0 Å². The number of carbonyl (C=O) groups excluding carboxylic acids is 1. The first-order valence-electron chi connectivity index (χ1n) is 5.63. The molecule has 1 rings (SSSR count). The highest BCUT2D eigenvalue weighted by Crippen LogP contribution is 2.24. The van der Waals surface area contributed by atoms with E-state index < -0.39 is 18.1 Å². The molecule has 0 fully saturated rings. The van der Waals surface area contributed by atoms with Crippen LogP contribution in [0.2, 0.25) is 0 Å². The predicted octanol–water partition coefficient (Wildman–Crippen LogP) is 2.93. The summed E-state index contributed by atoms with van der Waals surface area (Å²) in [7, 11) is 0. The van der Waals surface area contributed by atoms with Crippen molar-refractivity contribution in [2.24, 2.45) is 5.92 Å². The minimum Gasteiger partial charge on any atom is -0.341 e. The Bertz CT molecular complexity index is 486. The second-order valence-corrected chi connectivity index (χ2v) is 4.43. The number of hydrogen-bond donors (Lipinski definition) is 1. The molecule has 19 heavy (non-hydrogen) atoms. The highest BCUT2D eigenvalue weighted by atomic mass is 19.4. The van der Waals surface area contributed by atoms with Gasteiger partial charge in [0.1, 0.15) is 0 Å². The highest BCUT2D eigenvalue weighted by Gasteiger charge is 2.40. The summed E-state index contributed by atoms with van der Waals surface area (Å²) in [4.78, 5) is 11.0. The fourth-order valence-electron chi connectivity index (χ4n) is 1.62. The van der Waals surface area contributed by atoms with Crippen LogP contribution in [-0.2, 0) is 4.79 Å². The van der Waals surface area contributed by atoms with Gasteiger partial charge in [0, 0.05) is 0 Å². The summed E-state index contributed by atoms with van der Waals surface area (Å²) in [5.41, 5.74) is 0.944. The molecule has 102 valence electrons. The van der Waals surface area contributed by atoms with Crippen LogP contribution < -0.4 is 5.32 Å². The van der Waals surface area contributed by atoms with E-state index in [-0.39, 0.29) is 5.92 Å². The average molecular weight is 270 g/mol. The summed E-state index contributed by atoms with van der Waals surface area (Å²) < 4.78 is 36.8. The third kappa shape index (κ3) is 3.98. The standard InChI is InChI=1S/C13H13F3N2O/c1-8(2)11(18-12(19)13(14,15)16)10-5-3-9(7-17)4-6-10/h3-6,8,11H,1-2H3,(H,18,19). The molecule has 0 saturated heterocycles. The SMILES string of the molecule is CC(C)C(NC(=O)C(F)(F)F)c1ccc(C#N)cc1. The first-order chi connectivity index (χ1) is 8.75. The molecule has 0 saturated carbocycles. The fourth-order valence-corrected chi connectivity index (χ4v) is 1.62. The molecular formula is C13H13F3N2O. The first kappa shape index (κ1) is 15.0. The van der Waals surface area contributed by atoms with Crippen LogP contribution in [0, 0.1) is 17.2 Å². The Hall–Kier alpha value is -2.03. The fraction of sp³-hybridized carbons (Fsp3) is 0.385. The molecule has 0 aliphatic rings. The molecule has 1 atom stereocenters. The Kier molecular flexibility index (Phi) is 4.54. The van der Waals surface area contributed by atoms with Crippen molar-refractivity contribution in [1.29, 1.82) is 5.26 Å². The van der Waals surface area contributed by atoms with Gasteiger partial charge in [0.05, 0.1) is 17.7 Å². The molecule has 0 aliphatic heterocycles. The summed E-state index contributed by atoms with van der Waals surface area (Å²) in [5.74, 6) is -2.17. The number of halogens is 3. The number of nitriles is 1. The zero-order valence-electron chi connectivity index (χ0n) is 10.5. The van der Waals surface area contributed by atoms with E-state index in [9.17, 15) is 18.0 Å². The molecule has 0 aliphatic carbocycles. The maximum absolute atomic E-state index is 12.3. The molecule has 6 heteroatoms. The summed E-state index contributed by atoms with van der Waals surface area (Å²) in [5, 5.41) is 10.6. The largest absolute Gasteiger partial charge is 0.471 e. The number of amides is 1. The second-order valence-electron chi connectivity index (χ2n) is 4.43. The molecule has 1 unspecified atom stereocenters. The van der Waals surface area contributed by atoms with Crippen molar-refractivity contribution in [3.8, 4) is 6.07 Å². The molecule has 0 heterocycles. The van der Waals surface area contributed by atoms with E-state index in [0.29, 0.717) is 11.1 Å². The number of nitrogens with one attached hydrogen (secondary N) is 1. The summed E-state index contributed by atoms with van der Waals surface area (Å²) in [6.07, 6.45) is -4.90. The van der Waals surface area contributed by atoms with Gasteiger partial charge in [0.2, 0.25) is 0 Å². The molecule has 0 radical (unpaired) electrons. The molecule has 0 aromatic heterocycles. The number of carbonyl (C=O) groups is 1. The van der Waals surface area contributed by atoms with Gasteiger partial charge in [-0.1, -0.05) is 26.0 Å². The quantitative estimate of drug-likeness (QED) is 0.918. The molecule has 0 spiro atoms. The van der Waals surface area contributed by atoms with Gasteiger partial charge in [0.15, 0.2) is 0 Å². The van der Waals surface area contributed by atoms with Crippen molar-refractivity contribution in [3.05, 3.63) is 35.4 Å². The Balaban J connectivity index is 2.95. The van der Waals surface area contributed by atoms with E-state index >= 15 is 0 Å². The van der Waals surface area contributed by atoms with Crippen LogP contribution in [0.1, 0.15) is 31.0 Å². The predicted molar refractivity (Wildman–Crippen MR) is 62.9 cm³/mol. The van der Waals surface area contributed by atoms with Crippen LogP contribution in [0.15, 0.2) is 24.3 Å². The van der Waals surface area contributed by atoms with E-state index in [1.165, 1.54) is 12.1 Å². The number of rotatable bonds is 3. The third-order valence-electron chi connectivity index (χ3n) is 2.61. The number of nitrogens with zero attached hydrogens (tertiary/aromatic N) is 1. The monoisotopic (exact) mass is 270 g/mol. The van der Waals surface area contributed by atoms with Gasteiger partial charge in [-0.05, 0) is 23.6 Å². The molecular weight excluding hydrogens is 257 g/mol. The van der Waals surface area contributed by atoms with Gasteiger partial charge in [-0.15, -0.1) is 0 Å². The highest BCUT2D eigenvalue weighted by molar-refractivity contribution is 5.82. The van der Waals surface area contributed by atoms with Gasteiger partial charge >= 0.3 is 12.1 Å². The van der Waals surface area contributed by atoms with Crippen LogP contribution in [0.4, 0.5) is 13.2 Å². The van der Waals surface area contributed by atoms with Crippen LogP contribution in [0.5, 0.6) is 0 Å². The third-order valence-corrected chi connectivity index (χ3v) is 2.61. The topological polar surface area (TPSA) is 52.9 Å². The van der Waals surface area contributed by atoms with Crippen LogP contribution in [0.3, 0.4) is 0 Å². The maximum Gasteiger partial charge on any atom is 0.471 e. The Labute approximate surface area is 109 Å². The van der Waals surface area contributed by atoms with Crippen LogP contribution in [-0.4, -0.2) is 12.1 Å². The molecule has 1 amide bonds. The van der Waals surface area contributed by atoms with E-state index in [1.807, 2.05) is 11.4 Å². The van der Waals surface area contributed by atoms with Gasteiger partial charge in [-0.2, -0.15) is 18.4 Å². The van der Waals surface area contributed by atoms with Gasteiger partial charge in [0.25, 0.3) is 0 Å². The zero-order valence-corrected chi connectivity index (χ0v) is 10.5. The lowest BCUT2D eigenvalue weighted by molar-refractivity contribution is -0.174. The van der Waals surface area contributed by atoms with E-state index in [0.717, 1.165) is 0 Å². The lowest BCUT2D eigenvalue weighted by Gasteiger charge is -2.23. The van der Waals surface area contributed by atoms with E-state index in [4.69, 9.17) is 5.26 Å². The van der Waals surface area contributed by atoms with Crippen molar-refractivity contribution in [1.82, 2.24) is 5.32 Å². The molecule has 0 bridgehead atoms. The lowest BCUT2D eigenvalue weighted by atomic mass is 9.95. The van der Waals surface area contributed by atoms with Gasteiger partial charge < -0.3 is 5.32 Å². The van der Waals surface area contributed by atoms with Crippen molar-refractivity contribution >= 4 is 5.91 Å². The van der Waals surface area contributed by atoms with Gasteiger partial charge in [-0.25, -0.2) is 0 Å². The first-order valence-corrected chi connectivity index (χ1v) is 5.63. The molecule has 1 aromatic carbocycles. The Morgan fingerprint density at radius 1 is 1.26 bits per heavy atom. The zero-order chi connectivity index (χ0) is 14.6. The smallest absolute Gasteiger partial charge is 0.341 e. The second kappa shape index (κ2) is 5.74. The summed E-state index contributed by atoms with van der Waals surface area (Å²) in [6, 6.07) is 7.26. The molecule has 3 nitrogen and oxygen atoms in total. The van der Waals surface area contributed by atoms with Crippen molar-refractivity contribution in [2.45, 2.75) is 26.1 Å². The Morgan fingerprint density at radius 3 is 2.16 bits per heavy atom. The summed E-state index contributed by atoms with van der Waals surface area (Å²) in [6.45, 7) is 3.42. The molecule has 1 N–H and O–H groups in total. The van der Waals surface area contributed by atoms with E-state index in [2.05, 4.69) is 0 Å². The van der Waals surface area contributed by atoms with Gasteiger partial charge in [-0.3, -0.25) is 4.79 Å². The normalized spacial score (nSPS) is 12.9. The lowest BCUT2D eigenvalue weighted by Crippen LogP contribution is -2.40. The number of hydrogen-bond acceptors (Lipinski definition) is 2. The van der Waals surface area contributed by atoms with Crippen molar-refractivity contribution in [2.75, 3.05) is 0 Å². The Morgan fingerprint density at radius 2 is 1.79 bits per heavy atom. The van der Waals surface area contributed by atoms with Crippen molar-refractivity contribution < 1.29 is 18.0 Å². The minimum atomic E-state index is -4.90. The minimum absolute atomic E-state index is 0.209. The number of alkyl halides is 3. The van der Waals surface area contributed by atoms with E-state index in [1.54, 1.807) is 26.0 Å². The van der Waals surface area contributed by atoms with Crippen LogP contribution >= 0.6 is 0 Å². The number of benzene rings is 1. The van der Waals surface area contributed by atoms with Crippen LogP contribution in [0.25, 0.3) is 0 Å². The maximum atomic E-state index is 12.3. The molecule has 1 aromatic rings. The summed E-state index contributed by atoms with van der Waals surface area (Å²) >= 11 is 0.